The molecule has 1 heterocycles. The quantitative estimate of drug-likeness (QED) is 0.322. The van der Waals surface area contributed by atoms with Gasteiger partial charge >= 0.3 is 5.97 Å². The number of methoxy groups -OCH3 is 1. The van der Waals surface area contributed by atoms with Gasteiger partial charge in [-0.3, -0.25) is 14.5 Å². The second-order valence-corrected chi connectivity index (χ2v) is 7.97. The van der Waals surface area contributed by atoms with Crippen molar-refractivity contribution in [2.24, 2.45) is 0 Å². The zero-order valence-electron chi connectivity index (χ0n) is 16.1. The second kappa shape index (κ2) is 11.1. The Morgan fingerprint density at radius 2 is 2.07 bits per heavy atom. The van der Waals surface area contributed by atoms with Crippen molar-refractivity contribution in [1.29, 1.82) is 0 Å². The van der Waals surface area contributed by atoms with Crippen LogP contribution in [0.2, 0.25) is 0 Å². The number of hydrogen-bond donors (Lipinski definition) is 1. The van der Waals surface area contributed by atoms with Crippen molar-refractivity contribution in [3.63, 3.8) is 0 Å². The summed E-state index contributed by atoms with van der Waals surface area (Å²) in [5.74, 6) is 0.212. The number of thioether (sulfide) groups is 1. The van der Waals surface area contributed by atoms with E-state index >= 15 is 0 Å². The number of ether oxygens (including phenoxy) is 2. The third-order valence-electron chi connectivity index (χ3n) is 4.14. The molecule has 1 N–H and O–H groups in total. The average molecular weight is 424 g/mol. The molecule has 0 atom stereocenters. The highest BCUT2D eigenvalue weighted by atomic mass is 32.2. The number of carbonyl (C=O) groups excluding carboxylic acids is 1. The van der Waals surface area contributed by atoms with Crippen molar-refractivity contribution in [3.8, 4) is 11.5 Å². The largest absolute Gasteiger partial charge is 0.493 e. The number of thiocarbonyl (C=S) groups is 1. The summed E-state index contributed by atoms with van der Waals surface area (Å²) in [5, 5.41) is 8.74. The fourth-order valence-electron chi connectivity index (χ4n) is 2.66. The molecule has 0 saturated carbocycles. The number of rotatable bonds is 11. The molecule has 0 radical (unpaired) electrons. The van der Waals surface area contributed by atoms with Gasteiger partial charge in [0.15, 0.2) is 11.5 Å². The van der Waals surface area contributed by atoms with Crippen LogP contribution in [0.5, 0.6) is 11.5 Å². The molecule has 0 unspecified atom stereocenters. The summed E-state index contributed by atoms with van der Waals surface area (Å²) in [7, 11) is 1.58. The predicted molar refractivity (Wildman–Crippen MR) is 115 cm³/mol. The SMILES string of the molecule is CCCCCOc1ccc(C=C2SC(=S)N(CCCC(=O)O)C2=O)cc1OC. The first-order chi connectivity index (χ1) is 13.5. The Morgan fingerprint density at radius 1 is 1.29 bits per heavy atom. The van der Waals surface area contributed by atoms with Gasteiger partial charge in [-0.15, -0.1) is 0 Å². The van der Waals surface area contributed by atoms with E-state index in [1.165, 1.54) is 16.7 Å². The first kappa shape index (κ1) is 22.2. The van der Waals surface area contributed by atoms with Gasteiger partial charge in [0.05, 0.1) is 18.6 Å². The van der Waals surface area contributed by atoms with Gasteiger partial charge in [-0.1, -0.05) is 49.8 Å². The van der Waals surface area contributed by atoms with E-state index in [9.17, 15) is 9.59 Å². The highest BCUT2D eigenvalue weighted by Gasteiger charge is 2.31. The zero-order chi connectivity index (χ0) is 20.5. The van der Waals surface area contributed by atoms with Crippen molar-refractivity contribution in [2.75, 3.05) is 20.3 Å². The van der Waals surface area contributed by atoms with Crippen molar-refractivity contribution in [3.05, 3.63) is 28.7 Å². The summed E-state index contributed by atoms with van der Waals surface area (Å²) >= 11 is 6.49. The van der Waals surface area contributed by atoms with Crippen molar-refractivity contribution in [2.45, 2.75) is 39.0 Å². The molecule has 0 aliphatic carbocycles. The molecule has 1 fully saturated rings. The molecule has 1 amide bonds. The number of hydrogen-bond acceptors (Lipinski definition) is 6. The summed E-state index contributed by atoms with van der Waals surface area (Å²) in [5.41, 5.74) is 0.809. The molecule has 0 spiro atoms. The van der Waals surface area contributed by atoms with Gasteiger partial charge in [0.25, 0.3) is 5.91 Å². The molecule has 152 valence electrons. The maximum atomic E-state index is 12.6. The Kier molecular flexibility index (Phi) is 8.79. The molecule has 1 aromatic carbocycles. The van der Waals surface area contributed by atoms with Crippen LogP contribution < -0.4 is 9.47 Å². The number of amides is 1. The molecule has 28 heavy (non-hydrogen) atoms. The minimum atomic E-state index is -0.884. The number of carbonyl (C=O) groups is 2. The van der Waals surface area contributed by atoms with Gasteiger partial charge < -0.3 is 14.6 Å². The lowest BCUT2D eigenvalue weighted by molar-refractivity contribution is -0.137. The lowest BCUT2D eigenvalue weighted by Crippen LogP contribution is -2.29. The molecule has 1 aliphatic rings. The summed E-state index contributed by atoms with van der Waals surface area (Å²) in [4.78, 5) is 25.2. The van der Waals surface area contributed by atoms with Gasteiger partial charge in [-0.2, -0.15) is 0 Å². The standard InChI is InChI=1S/C20H25NO5S2/c1-3-4-5-11-26-15-9-8-14(12-16(15)25-2)13-17-19(24)21(20(27)28-17)10-6-7-18(22)23/h8-9,12-13H,3-7,10-11H2,1-2H3,(H,22,23). The van der Waals surface area contributed by atoms with Gasteiger partial charge in [-0.05, 0) is 36.6 Å². The zero-order valence-corrected chi connectivity index (χ0v) is 17.7. The third-order valence-corrected chi connectivity index (χ3v) is 5.51. The maximum absolute atomic E-state index is 12.6. The van der Waals surface area contributed by atoms with Crippen LogP contribution in [0.15, 0.2) is 23.1 Å². The van der Waals surface area contributed by atoms with Crippen molar-refractivity contribution < 1.29 is 24.2 Å². The molecule has 1 aliphatic heterocycles. The molecule has 0 aromatic heterocycles. The van der Waals surface area contributed by atoms with Gasteiger partial charge in [0.2, 0.25) is 0 Å². The van der Waals surface area contributed by atoms with Crippen LogP contribution in [-0.4, -0.2) is 46.5 Å². The van der Waals surface area contributed by atoms with Crippen LogP contribution in [0.25, 0.3) is 6.08 Å². The number of carboxylic acids is 1. The van der Waals surface area contributed by atoms with Gasteiger partial charge in [0, 0.05) is 13.0 Å². The lowest BCUT2D eigenvalue weighted by Gasteiger charge is -2.13. The maximum Gasteiger partial charge on any atom is 0.303 e. The minimum Gasteiger partial charge on any atom is -0.493 e. The summed E-state index contributed by atoms with van der Waals surface area (Å²) in [6.45, 7) is 3.09. The smallest absolute Gasteiger partial charge is 0.303 e. The molecular formula is C20H25NO5S2. The monoisotopic (exact) mass is 423 g/mol. The minimum absolute atomic E-state index is 0.00697. The average Bonchev–Trinajstić information content (AvgIpc) is 2.93. The third kappa shape index (κ3) is 6.24. The van der Waals surface area contributed by atoms with Crippen molar-refractivity contribution >= 4 is 46.3 Å². The first-order valence-corrected chi connectivity index (χ1v) is 10.5. The topological polar surface area (TPSA) is 76.1 Å². The van der Waals surface area contributed by atoms with Crippen LogP contribution in [-0.2, 0) is 9.59 Å². The summed E-state index contributed by atoms with van der Waals surface area (Å²) in [6.07, 6.45) is 5.38. The molecule has 8 heteroatoms. The second-order valence-electron chi connectivity index (χ2n) is 6.30. The van der Waals surface area contributed by atoms with Crippen LogP contribution in [0, 0.1) is 0 Å². The number of unbranched alkanes of at least 4 members (excludes halogenated alkanes) is 2. The Bertz CT molecular complexity index is 763. The number of carboxylic acid groups (broad SMARTS) is 1. The van der Waals surface area contributed by atoms with Crippen LogP contribution >= 0.6 is 24.0 Å². The molecule has 1 aromatic rings. The fourth-order valence-corrected chi connectivity index (χ4v) is 3.97. The highest BCUT2D eigenvalue weighted by Crippen LogP contribution is 2.35. The Hall–Kier alpha value is -2.06. The number of nitrogens with zero attached hydrogens (tertiary/aromatic N) is 1. The molecule has 6 nitrogen and oxygen atoms in total. The highest BCUT2D eigenvalue weighted by molar-refractivity contribution is 8.26. The van der Waals surface area contributed by atoms with E-state index < -0.39 is 5.97 Å². The van der Waals surface area contributed by atoms with E-state index in [4.69, 9.17) is 26.8 Å². The van der Waals surface area contributed by atoms with Crippen molar-refractivity contribution in [1.82, 2.24) is 4.90 Å². The summed E-state index contributed by atoms with van der Waals surface area (Å²) < 4.78 is 11.6. The van der Waals surface area contributed by atoms with E-state index in [1.807, 2.05) is 18.2 Å². The number of aliphatic carboxylic acids is 1. The van der Waals surface area contributed by atoms with Gasteiger partial charge in [0.1, 0.15) is 4.32 Å². The summed E-state index contributed by atoms with van der Waals surface area (Å²) in [6, 6.07) is 5.53. The molecule has 1 saturated heterocycles. The van der Waals surface area contributed by atoms with Gasteiger partial charge in [-0.25, -0.2) is 0 Å². The van der Waals surface area contributed by atoms with Crippen LogP contribution in [0.1, 0.15) is 44.6 Å². The van der Waals surface area contributed by atoms with E-state index in [0.717, 1.165) is 24.8 Å². The fraction of sp³-hybridized carbons (Fsp3) is 0.450. The van der Waals surface area contributed by atoms with E-state index in [-0.39, 0.29) is 12.3 Å². The molecule has 0 bridgehead atoms. The normalized spacial score (nSPS) is 15.4. The predicted octanol–water partition coefficient (Wildman–Crippen LogP) is 4.33. The lowest BCUT2D eigenvalue weighted by atomic mass is 10.1. The number of benzene rings is 1. The van der Waals surface area contributed by atoms with Crippen LogP contribution in [0.4, 0.5) is 0 Å². The van der Waals surface area contributed by atoms with E-state index in [1.54, 1.807) is 13.2 Å². The molecular weight excluding hydrogens is 398 g/mol. The van der Waals surface area contributed by atoms with E-state index in [0.29, 0.717) is 40.3 Å². The van der Waals surface area contributed by atoms with E-state index in [2.05, 4.69) is 6.92 Å². The Labute approximate surface area is 174 Å². The van der Waals surface area contributed by atoms with Crippen LogP contribution in [0.3, 0.4) is 0 Å². The molecule has 2 rings (SSSR count). The Balaban J connectivity index is 2.06. The Morgan fingerprint density at radius 3 is 2.75 bits per heavy atom. The first-order valence-electron chi connectivity index (χ1n) is 9.24.